The molecule has 0 unspecified atom stereocenters. The summed E-state index contributed by atoms with van der Waals surface area (Å²) in [6, 6.07) is 7.59. The number of rotatable bonds is 8. The van der Waals surface area contributed by atoms with Crippen LogP contribution in [0, 0.1) is 0 Å². The highest BCUT2D eigenvalue weighted by Gasteiger charge is 2.06. The van der Waals surface area contributed by atoms with Crippen molar-refractivity contribution in [2.45, 2.75) is 32.7 Å². The molecule has 0 fully saturated rings. The number of nitrogens with one attached hydrogen (secondary N) is 2. The number of hydrogen-bond acceptors (Lipinski definition) is 4. The fourth-order valence-electron chi connectivity index (χ4n) is 2.03. The number of hydrogen-bond donors (Lipinski definition) is 2. The van der Waals surface area contributed by atoms with E-state index in [1.807, 2.05) is 24.3 Å². The normalized spacial score (nSPS) is 10.3. The average Bonchev–Trinajstić information content (AvgIpc) is 2.58. The molecule has 0 bridgehead atoms. The summed E-state index contributed by atoms with van der Waals surface area (Å²) in [4.78, 5) is 20.2. The van der Waals surface area contributed by atoms with Crippen molar-refractivity contribution < 1.29 is 4.79 Å². The molecular weight excluding hydrogens is 312 g/mol. The van der Waals surface area contributed by atoms with Gasteiger partial charge in [-0.1, -0.05) is 49.6 Å². The quantitative estimate of drug-likeness (QED) is 0.724. The molecule has 0 saturated heterocycles. The standard InChI is InChI=1S/C17H21ClN4O/c1-2-3-6-9-19-16(23)14-11-21-17(22-12-14)20-10-13-7-4-5-8-15(13)18/h4-5,7-8,11-12H,2-3,6,9-10H2,1H3,(H,19,23)(H,20,21,22). The fourth-order valence-corrected chi connectivity index (χ4v) is 2.23. The number of nitrogens with zero attached hydrogens (tertiary/aromatic N) is 2. The van der Waals surface area contributed by atoms with Gasteiger partial charge >= 0.3 is 0 Å². The number of aromatic nitrogens is 2. The molecule has 0 aliphatic rings. The van der Waals surface area contributed by atoms with Gasteiger partial charge < -0.3 is 10.6 Å². The van der Waals surface area contributed by atoms with E-state index in [9.17, 15) is 4.79 Å². The summed E-state index contributed by atoms with van der Waals surface area (Å²) in [6.45, 7) is 3.34. The van der Waals surface area contributed by atoms with Gasteiger partial charge in [0.1, 0.15) is 0 Å². The first-order valence-corrected chi connectivity index (χ1v) is 8.16. The highest BCUT2D eigenvalue weighted by atomic mass is 35.5. The van der Waals surface area contributed by atoms with E-state index >= 15 is 0 Å². The second-order valence-electron chi connectivity index (χ2n) is 5.20. The Morgan fingerprint density at radius 2 is 1.91 bits per heavy atom. The lowest BCUT2D eigenvalue weighted by Crippen LogP contribution is -2.24. The van der Waals surface area contributed by atoms with Gasteiger partial charge in [0.05, 0.1) is 5.56 Å². The molecule has 5 nitrogen and oxygen atoms in total. The highest BCUT2D eigenvalue weighted by molar-refractivity contribution is 6.31. The molecule has 122 valence electrons. The van der Waals surface area contributed by atoms with Crippen LogP contribution in [0.3, 0.4) is 0 Å². The summed E-state index contributed by atoms with van der Waals surface area (Å²) in [5.74, 6) is 0.325. The van der Waals surface area contributed by atoms with Gasteiger partial charge in [0, 0.05) is 30.5 Å². The molecule has 0 aliphatic heterocycles. The summed E-state index contributed by atoms with van der Waals surface area (Å²) >= 11 is 6.09. The van der Waals surface area contributed by atoms with Crippen LogP contribution in [-0.4, -0.2) is 22.4 Å². The maximum Gasteiger partial charge on any atom is 0.254 e. The number of amides is 1. The van der Waals surface area contributed by atoms with Crippen molar-refractivity contribution in [3.63, 3.8) is 0 Å². The van der Waals surface area contributed by atoms with Crippen molar-refractivity contribution in [1.82, 2.24) is 15.3 Å². The van der Waals surface area contributed by atoms with Crippen LogP contribution in [0.15, 0.2) is 36.7 Å². The monoisotopic (exact) mass is 332 g/mol. The predicted molar refractivity (Wildman–Crippen MR) is 92.7 cm³/mol. The molecule has 23 heavy (non-hydrogen) atoms. The van der Waals surface area contributed by atoms with Crippen molar-refractivity contribution in [3.8, 4) is 0 Å². The van der Waals surface area contributed by atoms with Gasteiger partial charge in [0.15, 0.2) is 0 Å². The molecule has 1 heterocycles. The van der Waals surface area contributed by atoms with Crippen LogP contribution in [0.4, 0.5) is 5.95 Å². The second-order valence-corrected chi connectivity index (χ2v) is 5.61. The third-order valence-electron chi connectivity index (χ3n) is 3.37. The molecule has 0 atom stereocenters. The number of carbonyl (C=O) groups excluding carboxylic acids is 1. The lowest BCUT2D eigenvalue weighted by atomic mass is 10.2. The van der Waals surface area contributed by atoms with E-state index < -0.39 is 0 Å². The van der Waals surface area contributed by atoms with Crippen molar-refractivity contribution in [2.24, 2.45) is 0 Å². The van der Waals surface area contributed by atoms with Crippen molar-refractivity contribution in [3.05, 3.63) is 52.8 Å². The lowest BCUT2D eigenvalue weighted by Gasteiger charge is -2.07. The molecular formula is C17H21ClN4O. The summed E-state index contributed by atoms with van der Waals surface area (Å²) < 4.78 is 0. The molecule has 0 radical (unpaired) electrons. The van der Waals surface area contributed by atoms with Gasteiger partial charge in [-0.25, -0.2) is 9.97 Å². The summed E-state index contributed by atoms with van der Waals surface area (Å²) in [6.07, 6.45) is 6.28. The number of anilines is 1. The molecule has 1 aromatic heterocycles. The summed E-state index contributed by atoms with van der Waals surface area (Å²) in [5, 5.41) is 6.65. The lowest BCUT2D eigenvalue weighted by molar-refractivity contribution is 0.0952. The first-order valence-electron chi connectivity index (χ1n) is 7.78. The minimum Gasteiger partial charge on any atom is -0.352 e. The molecule has 1 amide bonds. The summed E-state index contributed by atoms with van der Waals surface area (Å²) in [5.41, 5.74) is 1.43. The molecule has 2 N–H and O–H groups in total. The molecule has 2 rings (SSSR count). The third-order valence-corrected chi connectivity index (χ3v) is 3.74. The molecule has 1 aromatic carbocycles. The topological polar surface area (TPSA) is 66.9 Å². The Bertz CT molecular complexity index is 631. The van der Waals surface area contributed by atoms with Crippen molar-refractivity contribution in [2.75, 3.05) is 11.9 Å². The third kappa shape index (κ3) is 5.53. The van der Waals surface area contributed by atoms with E-state index in [4.69, 9.17) is 11.6 Å². The Labute approximate surface area is 141 Å². The largest absolute Gasteiger partial charge is 0.352 e. The van der Waals surface area contributed by atoms with E-state index in [0.29, 0.717) is 29.6 Å². The number of halogens is 1. The van der Waals surface area contributed by atoms with Crippen LogP contribution in [0.2, 0.25) is 5.02 Å². The van der Waals surface area contributed by atoms with Gasteiger partial charge in [-0.15, -0.1) is 0 Å². The average molecular weight is 333 g/mol. The first-order chi connectivity index (χ1) is 11.2. The SMILES string of the molecule is CCCCCNC(=O)c1cnc(NCc2ccccc2Cl)nc1. The Kier molecular flexibility index (Phi) is 6.81. The van der Waals surface area contributed by atoms with Crippen molar-refractivity contribution >= 4 is 23.5 Å². The molecule has 0 saturated carbocycles. The van der Waals surface area contributed by atoms with Gasteiger partial charge in [-0.05, 0) is 18.1 Å². The Morgan fingerprint density at radius 1 is 1.17 bits per heavy atom. The Hall–Kier alpha value is -2.14. The molecule has 0 spiro atoms. The van der Waals surface area contributed by atoms with Crippen LogP contribution >= 0.6 is 11.6 Å². The number of carbonyl (C=O) groups is 1. The minimum atomic E-state index is -0.140. The van der Waals surface area contributed by atoms with E-state index in [1.54, 1.807) is 0 Å². The molecule has 2 aromatic rings. The second kappa shape index (κ2) is 9.10. The van der Waals surface area contributed by atoms with Crippen molar-refractivity contribution in [1.29, 1.82) is 0 Å². The minimum absolute atomic E-state index is 0.140. The number of benzene rings is 1. The van der Waals surface area contributed by atoms with E-state index in [2.05, 4.69) is 27.5 Å². The summed E-state index contributed by atoms with van der Waals surface area (Å²) in [7, 11) is 0. The first kappa shape index (κ1) is 17.2. The maximum absolute atomic E-state index is 11.9. The zero-order valence-corrected chi connectivity index (χ0v) is 13.9. The maximum atomic E-state index is 11.9. The van der Waals surface area contributed by atoms with Crippen LogP contribution in [0.25, 0.3) is 0 Å². The molecule has 0 aliphatic carbocycles. The van der Waals surface area contributed by atoms with Gasteiger partial charge in [-0.3, -0.25) is 4.79 Å². The van der Waals surface area contributed by atoms with Crippen LogP contribution in [-0.2, 0) is 6.54 Å². The highest BCUT2D eigenvalue weighted by Crippen LogP contribution is 2.15. The van der Waals surface area contributed by atoms with Crippen LogP contribution in [0.5, 0.6) is 0 Å². The number of unbranched alkanes of at least 4 members (excludes halogenated alkanes) is 2. The van der Waals surface area contributed by atoms with E-state index in [1.165, 1.54) is 12.4 Å². The Morgan fingerprint density at radius 3 is 2.61 bits per heavy atom. The van der Waals surface area contributed by atoms with Crippen LogP contribution < -0.4 is 10.6 Å². The zero-order chi connectivity index (χ0) is 16.5. The van der Waals surface area contributed by atoms with E-state index in [0.717, 1.165) is 24.8 Å². The van der Waals surface area contributed by atoms with Crippen LogP contribution in [0.1, 0.15) is 42.1 Å². The smallest absolute Gasteiger partial charge is 0.254 e. The predicted octanol–water partition coefficient (Wildman–Crippen LogP) is 3.66. The Balaban J connectivity index is 1.84. The van der Waals surface area contributed by atoms with Gasteiger partial charge in [0.2, 0.25) is 5.95 Å². The molecule has 6 heteroatoms. The van der Waals surface area contributed by atoms with Gasteiger partial charge in [-0.2, -0.15) is 0 Å². The van der Waals surface area contributed by atoms with E-state index in [-0.39, 0.29) is 5.91 Å². The zero-order valence-electron chi connectivity index (χ0n) is 13.2. The fraction of sp³-hybridized carbons (Fsp3) is 0.353. The van der Waals surface area contributed by atoms with Gasteiger partial charge in [0.25, 0.3) is 5.91 Å².